The molecule has 1 saturated heterocycles. The first-order valence-electron chi connectivity index (χ1n) is 2.76. The van der Waals surface area contributed by atoms with Crippen LogP contribution in [0.1, 0.15) is 6.42 Å². The van der Waals surface area contributed by atoms with Crippen molar-refractivity contribution in [2.45, 2.75) is 12.5 Å². The largest absolute Gasteiger partial charge is 0.467 e. The van der Waals surface area contributed by atoms with Gasteiger partial charge in [0.05, 0.1) is 7.11 Å². The van der Waals surface area contributed by atoms with Crippen LogP contribution in [0.15, 0.2) is 12.3 Å². The number of rotatable bonds is 1. The van der Waals surface area contributed by atoms with Gasteiger partial charge in [0.15, 0.2) is 0 Å². The van der Waals surface area contributed by atoms with Gasteiger partial charge in [0, 0.05) is 12.1 Å². The molecule has 0 saturated carbocycles. The summed E-state index contributed by atoms with van der Waals surface area (Å²) in [5, 5.41) is 2.82. The molecular formula is C6H9NO2. The maximum Gasteiger partial charge on any atom is 0.328 e. The first kappa shape index (κ1) is 6.13. The smallest absolute Gasteiger partial charge is 0.328 e. The van der Waals surface area contributed by atoms with Gasteiger partial charge in [-0.25, -0.2) is 4.79 Å². The lowest BCUT2D eigenvalue weighted by atomic mass is 10.0. The molecule has 1 atom stereocenters. The molecule has 9 heavy (non-hydrogen) atoms. The Kier molecular flexibility index (Phi) is 1.42. The van der Waals surface area contributed by atoms with Crippen molar-refractivity contribution >= 4 is 5.97 Å². The van der Waals surface area contributed by atoms with Gasteiger partial charge in [-0.15, -0.1) is 0 Å². The second-order valence-electron chi connectivity index (χ2n) is 2.03. The molecule has 1 rings (SSSR count). The van der Waals surface area contributed by atoms with E-state index in [-0.39, 0.29) is 12.0 Å². The highest BCUT2D eigenvalue weighted by molar-refractivity contribution is 5.77. The fourth-order valence-electron chi connectivity index (χ4n) is 0.756. The molecule has 50 valence electrons. The Hall–Kier alpha value is -0.990. The Balaban J connectivity index is 2.31. The zero-order chi connectivity index (χ0) is 6.85. The van der Waals surface area contributed by atoms with E-state index in [1.807, 2.05) is 0 Å². The Bertz CT molecular complexity index is 145. The highest BCUT2D eigenvalue weighted by atomic mass is 16.5. The summed E-state index contributed by atoms with van der Waals surface area (Å²) < 4.78 is 4.46. The number of nitrogens with one attached hydrogen (secondary N) is 1. The minimum absolute atomic E-state index is 0.137. The minimum atomic E-state index is -0.206. The number of carbonyl (C=O) groups is 1. The predicted octanol–water partition coefficient (Wildman–Crippen LogP) is 0.0350. The molecule has 0 aliphatic carbocycles. The fourth-order valence-corrected chi connectivity index (χ4v) is 0.756. The van der Waals surface area contributed by atoms with E-state index in [1.54, 1.807) is 0 Å². The quantitative estimate of drug-likeness (QED) is 0.505. The Morgan fingerprint density at radius 2 is 2.56 bits per heavy atom. The molecule has 0 aromatic carbocycles. The monoisotopic (exact) mass is 127 g/mol. The van der Waals surface area contributed by atoms with Crippen LogP contribution in [0.4, 0.5) is 0 Å². The van der Waals surface area contributed by atoms with Crippen molar-refractivity contribution in [2.24, 2.45) is 0 Å². The third kappa shape index (κ3) is 1.04. The number of hydrogen-bond donors (Lipinski definition) is 1. The van der Waals surface area contributed by atoms with Gasteiger partial charge >= 0.3 is 5.97 Å². The summed E-state index contributed by atoms with van der Waals surface area (Å²) in [6.07, 6.45) is 0.715. The molecule has 0 aromatic rings. The molecule has 0 amide bonds. The molecule has 0 aromatic heterocycles. The first-order chi connectivity index (χ1) is 4.24. The highest BCUT2D eigenvalue weighted by Crippen LogP contribution is 2.13. The van der Waals surface area contributed by atoms with Crippen LogP contribution in [0.2, 0.25) is 0 Å². The van der Waals surface area contributed by atoms with Crippen LogP contribution in [0.25, 0.3) is 0 Å². The molecule has 0 bridgehead atoms. The van der Waals surface area contributed by atoms with Crippen molar-refractivity contribution in [1.82, 2.24) is 5.32 Å². The molecule has 1 aliphatic heterocycles. The van der Waals surface area contributed by atoms with E-state index in [9.17, 15) is 4.79 Å². The Morgan fingerprint density at radius 1 is 2.00 bits per heavy atom. The summed E-state index contributed by atoms with van der Waals surface area (Å²) in [6, 6.07) is -0.137. The van der Waals surface area contributed by atoms with Crippen LogP contribution in [-0.4, -0.2) is 19.1 Å². The van der Waals surface area contributed by atoms with Gasteiger partial charge in [-0.1, -0.05) is 6.58 Å². The van der Waals surface area contributed by atoms with Gasteiger partial charge in [0.25, 0.3) is 0 Å². The van der Waals surface area contributed by atoms with E-state index in [0.717, 1.165) is 5.70 Å². The average Bonchev–Trinajstić information content (AvgIpc) is 1.79. The third-order valence-electron chi connectivity index (χ3n) is 1.31. The number of methoxy groups -OCH3 is 1. The van der Waals surface area contributed by atoms with Gasteiger partial charge in [0.1, 0.15) is 6.04 Å². The molecular weight excluding hydrogens is 118 g/mol. The van der Waals surface area contributed by atoms with Crippen molar-refractivity contribution in [3.63, 3.8) is 0 Å². The lowest BCUT2D eigenvalue weighted by Gasteiger charge is -2.28. The maximum absolute atomic E-state index is 10.6. The van der Waals surface area contributed by atoms with Gasteiger partial charge in [-0.3, -0.25) is 0 Å². The first-order valence-corrected chi connectivity index (χ1v) is 2.76. The maximum atomic E-state index is 10.6. The zero-order valence-corrected chi connectivity index (χ0v) is 5.31. The van der Waals surface area contributed by atoms with Crippen molar-refractivity contribution in [2.75, 3.05) is 7.11 Å². The number of ether oxygens (including phenoxy) is 1. The lowest BCUT2D eigenvalue weighted by Crippen LogP contribution is -2.46. The fraction of sp³-hybridized carbons (Fsp3) is 0.500. The number of carbonyl (C=O) groups excluding carboxylic acids is 1. The van der Waals surface area contributed by atoms with E-state index in [0.29, 0.717) is 6.42 Å². The van der Waals surface area contributed by atoms with E-state index in [4.69, 9.17) is 0 Å². The topological polar surface area (TPSA) is 38.3 Å². The second kappa shape index (κ2) is 2.09. The average molecular weight is 127 g/mol. The normalized spacial score (nSPS) is 24.1. The Morgan fingerprint density at radius 3 is 2.89 bits per heavy atom. The summed E-state index contributed by atoms with van der Waals surface area (Å²) in [5.41, 5.74) is 0.908. The van der Waals surface area contributed by atoms with Crippen LogP contribution in [0, 0.1) is 0 Å². The van der Waals surface area contributed by atoms with Crippen molar-refractivity contribution < 1.29 is 9.53 Å². The summed E-state index contributed by atoms with van der Waals surface area (Å²) in [6.45, 7) is 3.61. The lowest BCUT2D eigenvalue weighted by molar-refractivity contribution is -0.144. The van der Waals surface area contributed by atoms with Gasteiger partial charge < -0.3 is 10.1 Å². The molecule has 3 heteroatoms. The van der Waals surface area contributed by atoms with Crippen molar-refractivity contribution in [1.29, 1.82) is 0 Å². The molecule has 1 fully saturated rings. The predicted molar refractivity (Wildman–Crippen MR) is 32.7 cm³/mol. The standard InChI is InChI=1S/C6H9NO2/c1-4-3-5(7-4)6(8)9-2/h5,7H,1,3H2,2H3. The molecule has 0 spiro atoms. The van der Waals surface area contributed by atoms with Crippen molar-refractivity contribution in [3.8, 4) is 0 Å². The van der Waals surface area contributed by atoms with E-state index in [1.165, 1.54) is 7.11 Å². The summed E-state index contributed by atoms with van der Waals surface area (Å²) in [5.74, 6) is -0.206. The highest BCUT2D eigenvalue weighted by Gasteiger charge is 2.27. The van der Waals surface area contributed by atoms with Gasteiger partial charge in [0.2, 0.25) is 0 Å². The summed E-state index contributed by atoms with van der Waals surface area (Å²) in [4.78, 5) is 10.6. The van der Waals surface area contributed by atoms with E-state index >= 15 is 0 Å². The SMILES string of the molecule is C=C1CC(C(=O)OC)N1. The van der Waals surface area contributed by atoms with E-state index < -0.39 is 0 Å². The van der Waals surface area contributed by atoms with Crippen molar-refractivity contribution in [3.05, 3.63) is 12.3 Å². The number of hydrogen-bond acceptors (Lipinski definition) is 3. The van der Waals surface area contributed by atoms with Gasteiger partial charge in [-0.2, -0.15) is 0 Å². The molecule has 0 radical (unpaired) electrons. The van der Waals surface area contributed by atoms with Crippen LogP contribution < -0.4 is 5.32 Å². The molecule has 3 nitrogen and oxygen atoms in total. The zero-order valence-electron chi connectivity index (χ0n) is 5.31. The molecule has 1 N–H and O–H groups in total. The summed E-state index contributed by atoms with van der Waals surface area (Å²) in [7, 11) is 1.38. The summed E-state index contributed by atoms with van der Waals surface area (Å²) >= 11 is 0. The van der Waals surface area contributed by atoms with Crippen LogP contribution in [0.3, 0.4) is 0 Å². The third-order valence-corrected chi connectivity index (χ3v) is 1.31. The molecule has 1 heterocycles. The molecule has 1 aliphatic rings. The van der Waals surface area contributed by atoms with Gasteiger partial charge in [-0.05, 0) is 0 Å². The van der Waals surface area contributed by atoms with Crippen LogP contribution >= 0.6 is 0 Å². The number of esters is 1. The molecule has 1 unspecified atom stereocenters. The van der Waals surface area contributed by atoms with Crippen LogP contribution in [0.5, 0.6) is 0 Å². The second-order valence-corrected chi connectivity index (χ2v) is 2.03. The van der Waals surface area contributed by atoms with Crippen LogP contribution in [-0.2, 0) is 9.53 Å². The Labute approximate surface area is 53.7 Å². The van der Waals surface area contributed by atoms with E-state index in [2.05, 4.69) is 16.6 Å². The minimum Gasteiger partial charge on any atom is -0.467 e.